The standard InChI is InChI=1S/C18H19N3O3/c1-12-14(5-9-24-12)18(23)20-8-4-15-16(20)10-17(22)21(15)11-13-2-6-19-7-3-13/h2-3,5-7,9,15-16H,4,8,10-11H2,1H3/t15-,16+/m1/s1. The zero-order chi connectivity index (χ0) is 16.7. The number of hydrogen-bond donors (Lipinski definition) is 0. The molecule has 2 aliphatic heterocycles. The molecule has 124 valence electrons. The van der Waals surface area contributed by atoms with Gasteiger partial charge >= 0.3 is 0 Å². The zero-order valence-electron chi connectivity index (χ0n) is 13.5. The summed E-state index contributed by atoms with van der Waals surface area (Å²) in [6.07, 6.45) is 6.23. The van der Waals surface area contributed by atoms with Crippen molar-refractivity contribution in [3.8, 4) is 0 Å². The van der Waals surface area contributed by atoms with E-state index in [1.54, 1.807) is 25.4 Å². The summed E-state index contributed by atoms with van der Waals surface area (Å²) >= 11 is 0. The average molecular weight is 325 g/mol. The van der Waals surface area contributed by atoms with Gasteiger partial charge in [0.25, 0.3) is 5.91 Å². The summed E-state index contributed by atoms with van der Waals surface area (Å²) in [4.78, 5) is 33.0. The number of fused-ring (bicyclic) bond motifs is 1. The van der Waals surface area contributed by atoms with E-state index in [2.05, 4.69) is 4.98 Å². The minimum Gasteiger partial charge on any atom is -0.469 e. The predicted octanol–water partition coefficient (Wildman–Crippen LogP) is 2.00. The summed E-state index contributed by atoms with van der Waals surface area (Å²) < 4.78 is 5.25. The Morgan fingerprint density at radius 3 is 2.79 bits per heavy atom. The molecule has 0 N–H and O–H groups in total. The van der Waals surface area contributed by atoms with E-state index in [0.29, 0.717) is 30.8 Å². The van der Waals surface area contributed by atoms with Gasteiger partial charge in [-0.25, -0.2) is 0 Å². The lowest BCUT2D eigenvalue weighted by atomic mass is 10.1. The lowest BCUT2D eigenvalue weighted by molar-refractivity contribution is -0.129. The smallest absolute Gasteiger partial charge is 0.257 e. The summed E-state index contributed by atoms with van der Waals surface area (Å²) in [7, 11) is 0. The topological polar surface area (TPSA) is 66.7 Å². The average Bonchev–Trinajstić information content (AvgIpc) is 3.26. The quantitative estimate of drug-likeness (QED) is 0.866. The number of amides is 2. The second-order valence-corrected chi connectivity index (χ2v) is 6.39. The van der Waals surface area contributed by atoms with Crippen LogP contribution in [0.3, 0.4) is 0 Å². The number of pyridine rings is 1. The van der Waals surface area contributed by atoms with Crippen LogP contribution < -0.4 is 0 Å². The molecule has 4 heterocycles. The van der Waals surface area contributed by atoms with Gasteiger partial charge < -0.3 is 14.2 Å². The van der Waals surface area contributed by atoms with Crippen LogP contribution >= 0.6 is 0 Å². The van der Waals surface area contributed by atoms with Gasteiger partial charge in [0.15, 0.2) is 0 Å². The Morgan fingerprint density at radius 2 is 2.08 bits per heavy atom. The molecule has 2 aliphatic rings. The van der Waals surface area contributed by atoms with Gasteiger partial charge in [0, 0.05) is 31.9 Å². The highest BCUT2D eigenvalue weighted by atomic mass is 16.3. The molecule has 0 unspecified atom stereocenters. The zero-order valence-corrected chi connectivity index (χ0v) is 13.5. The fraction of sp³-hybridized carbons (Fsp3) is 0.389. The van der Waals surface area contributed by atoms with Crippen LogP contribution in [-0.2, 0) is 11.3 Å². The number of rotatable bonds is 3. The first-order valence-corrected chi connectivity index (χ1v) is 8.18. The van der Waals surface area contributed by atoms with E-state index in [1.165, 1.54) is 6.26 Å². The molecular weight excluding hydrogens is 306 g/mol. The van der Waals surface area contributed by atoms with E-state index in [1.807, 2.05) is 21.9 Å². The van der Waals surface area contributed by atoms with Crippen molar-refractivity contribution in [1.29, 1.82) is 0 Å². The van der Waals surface area contributed by atoms with Crippen molar-refractivity contribution in [2.75, 3.05) is 6.54 Å². The summed E-state index contributed by atoms with van der Waals surface area (Å²) in [5, 5.41) is 0. The van der Waals surface area contributed by atoms with Gasteiger partial charge in [-0.3, -0.25) is 14.6 Å². The number of nitrogens with zero attached hydrogens (tertiary/aromatic N) is 3. The Morgan fingerprint density at radius 1 is 1.29 bits per heavy atom. The van der Waals surface area contributed by atoms with Crippen molar-refractivity contribution >= 4 is 11.8 Å². The predicted molar refractivity (Wildman–Crippen MR) is 86.1 cm³/mol. The molecular formula is C18H19N3O3. The maximum absolute atomic E-state index is 12.8. The first kappa shape index (κ1) is 14.9. The third-order valence-corrected chi connectivity index (χ3v) is 5.07. The molecule has 2 aromatic rings. The van der Waals surface area contributed by atoms with Gasteiger partial charge in [-0.1, -0.05) is 0 Å². The molecule has 4 rings (SSSR count). The van der Waals surface area contributed by atoms with Gasteiger partial charge in [-0.2, -0.15) is 0 Å². The fourth-order valence-corrected chi connectivity index (χ4v) is 3.83. The minimum absolute atomic E-state index is 0.0349. The summed E-state index contributed by atoms with van der Waals surface area (Å²) in [5.41, 5.74) is 1.66. The molecule has 0 aliphatic carbocycles. The second kappa shape index (κ2) is 5.78. The first-order chi connectivity index (χ1) is 11.6. The van der Waals surface area contributed by atoms with Crippen molar-refractivity contribution in [3.63, 3.8) is 0 Å². The van der Waals surface area contributed by atoms with Crippen LogP contribution in [0.5, 0.6) is 0 Å². The molecule has 0 spiro atoms. The molecule has 6 nitrogen and oxygen atoms in total. The molecule has 2 atom stereocenters. The largest absolute Gasteiger partial charge is 0.469 e. The van der Waals surface area contributed by atoms with Crippen molar-refractivity contribution in [3.05, 3.63) is 53.7 Å². The van der Waals surface area contributed by atoms with Crippen LogP contribution in [0.4, 0.5) is 0 Å². The monoisotopic (exact) mass is 325 g/mol. The number of likely N-dealkylation sites (tertiary alicyclic amines) is 2. The first-order valence-electron chi connectivity index (χ1n) is 8.18. The normalized spacial score (nSPS) is 23.0. The van der Waals surface area contributed by atoms with E-state index < -0.39 is 0 Å². The van der Waals surface area contributed by atoms with Crippen molar-refractivity contribution in [1.82, 2.24) is 14.8 Å². The number of aromatic nitrogens is 1. The van der Waals surface area contributed by atoms with E-state index in [-0.39, 0.29) is 23.9 Å². The Hall–Kier alpha value is -2.63. The molecule has 0 aromatic carbocycles. The van der Waals surface area contributed by atoms with Crippen LogP contribution in [0.2, 0.25) is 0 Å². The number of carbonyl (C=O) groups is 2. The lowest BCUT2D eigenvalue weighted by Crippen LogP contribution is -2.39. The SMILES string of the molecule is Cc1occc1C(=O)N1CC[C@@H]2[C@@H]1CC(=O)N2Cc1ccncc1. The van der Waals surface area contributed by atoms with Gasteiger partial charge in [-0.15, -0.1) is 0 Å². The summed E-state index contributed by atoms with van der Waals surface area (Å²) in [6, 6.07) is 5.61. The van der Waals surface area contributed by atoms with E-state index in [9.17, 15) is 9.59 Å². The van der Waals surface area contributed by atoms with E-state index in [4.69, 9.17) is 4.42 Å². The summed E-state index contributed by atoms with van der Waals surface area (Å²) in [5.74, 6) is 0.706. The Kier molecular flexibility index (Phi) is 3.59. The summed E-state index contributed by atoms with van der Waals surface area (Å²) in [6.45, 7) is 3.05. The van der Waals surface area contributed by atoms with Gasteiger partial charge in [0.2, 0.25) is 5.91 Å². The van der Waals surface area contributed by atoms with Crippen LogP contribution in [0.1, 0.15) is 34.5 Å². The highest BCUT2D eigenvalue weighted by Crippen LogP contribution is 2.34. The molecule has 6 heteroatoms. The highest BCUT2D eigenvalue weighted by Gasteiger charge is 2.48. The number of hydrogen-bond acceptors (Lipinski definition) is 4. The van der Waals surface area contributed by atoms with E-state index >= 15 is 0 Å². The van der Waals surface area contributed by atoms with Gasteiger partial charge in [-0.05, 0) is 37.1 Å². The molecule has 2 fully saturated rings. The van der Waals surface area contributed by atoms with Gasteiger partial charge in [0.05, 0.1) is 23.9 Å². The minimum atomic E-state index is -0.0406. The third kappa shape index (κ3) is 2.38. The molecule has 2 saturated heterocycles. The fourth-order valence-electron chi connectivity index (χ4n) is 3.83. The maximum atomic E-state index is 12.8. The molecule has 0 bridgehead atoms. The van der Waals surface area contributed by atoms with Crippen LogP contribution in [0.25, 0.3) is 0 Å². The highest BCUT2D eigenvalue weighted by molar-refractivity contribution is 5.96. The molecule has 2 aromatic heterocycles. The number of furan rings is 1. The second-order valence-electron chi connectivity index (χ2n) is 6.39. The van der Waals surface area contributed by atoms with Crippen molar-refractivity contribution < 1.29 is 14.0 Å². The number of aryl methyl sites for hydroxylation is 1. The maximum Gasteiger partial charge on any atom is 0.257 e. The van der Waals surface area contributed by atoms with Crippen LogP contribution in [0, 0.1) is 6.92 Å². The molecule has 0 radical (unpaired) electrons. The lowest BCUT2D eigenvalue weighted by Gasteiger charge is -2.25. The number of carbonyl (C=O) groups excluding carboxylic acids is 2. The van der Waals surface area contributed by atoms with E-state index in [0.717, 1.165) is 12.0 Å². The van der Waals surface area contributed by atoms with Crippen molar-refractivity contribution in [2.45, 2.75) is 38.4 Å². The molecule has 2 amide bonds. The Balaban J connectivity index is 1.53. The van der Waals surface area contributed by atoms with Crippen LogP contribution in [0.15, 0.2) is 41.3 Å². The third-order valence-electron chi connectivity index (χ3n) is 5.07. The van der Waals surface area contributed by atoms with Gasteiger partial charge in [0.1, 0.15) is 5.76 Å². The Labute approximate surface area is 140 Å². The molecule has 24 heavy (non-hydrogen) atoms. The Bertz CT molecular complexity index is 771. The molecule has 0 saturated carbocycles. The van der Waals surface area contributed by atoms with Crippen LogP contribution in [-0.4, -0.2) is 45.2 Å². The van der Waals surface area contributed by atoms with Crippen molar-refractivity contribution in [2.24, 2.45) is 0 Å².